The topological polar surface area (TPSA) is 58.6 Å². The first-order valence-corrected chi connectivity index (χ1v) is 13.4. The van der Waals surface area contributed by atoms with Crippen LogP contribution in [0.15, 0.2) is 36.4 Å². The molecule has 0 unspecified atom stereocenters. The molecule has 5 rings (SSSR count). The number of methoxy groups -OCH3 is 1. The van der Waals surface area contributed by atoms with E-state index in [2.05, 4.69) is 39.1 Å². The van der Waals surface area contributed by atoms with Gasteiger partial charge in [0.15, 0.2) is 0 Å². The molecule has 1 N–H and O–H groups in total. The summed E-state index contributed by atoms with van der Waals surface area (Å²) < 4.78 is 5.30. The Morgan fingerprint density at radius 3 is 2.46 bits per heavy atom. The van der Waals surface area contributed by atoms with Crippen LogP contribution in [0.25, 0.3) is 0 Å². The number of benzene rings is 1. The van der Waals surface area contributed by atoms with Gasteiger partial charge in [-0.25, -0.2) is 0 Å². The van der Waals surface area contributed by atoms with Crippen LogP contribution in [0.4, 0.5) is 0 Å². The molecule has 1 aromatic carbocycles. The number of ether oxygens (including phenoxy) is 1. The number of carbonyl (C=O) groups is 2. The summed E-state index contributed by atoms with van der Waals surface area (Å²) in [5, 5.41) is 3.41. The zero-order valence-corrected chi connectivity index (χ0v) is 22.3. The molecule has 7 atom stereocenters. The molecule has 0 bridgehead atoms. The Morgan fingerprint density at radius 2 is 1.77 bits per heavy atom. The van der Waals surface area contributed by atoms with Gasteiger partial charge in [-0.2, -0.15) is 0 Å². The molecule has 3 fully saturated rings. The maximum Gasteiger partial charge on any atom is 0.246 e. The van der Waals surface area contributed by atoms with E-state index in [4.69, 9.17) is 4.74 Å². The maximum absolute atomic E-state index is 13.8. The lowest BCUT2D eigenvalue weighted by Crippen LogP contribution is -2.60. The van der Waals surface area contributed by atoms with Crippen molar-refractivity contribution in [2.75, 3.05) is 14.2 Å². The third kappa shape index (κ3) is 3.72. The van der Waals surface area contributed by atoms with E-state index in [0.717, 1.165) is 43.4 Å². The van der Waals surface area contributed by atoms with E-state index in [-0.39, 0.29) is 28.6 Å². The molecule has 3 saturated carbocycles. The number of rotatable bonds is 4. The summed E-state index contributed by atoms with van der Waals surface area (Å²) in [5.74, 6) is 3.03. The van der Waals surface area contributed by atoms with Crippen molar-refractivity contribution in [3.05, 3.63) is 42.0 Å². The van der Waals surface area contributed by atoms with E-state index in [1.165, 1.54) is 6.42 Å². The first kappa shape index (κ1) is 24.4. The Hall–Kier alpha value is -2.30. The highest BCUT2D eigenvalue weighted by Crippen LogP contribution is 2.65. The first-order chi connectivity index (χ1) is 16.5. The second-order valence-electron chi connectivity index (χ2n) is 12.6. The minimum Gasteiger partial charge on any atom is -0.497 e. The van der Waals surface area contributed by atoms with Crippen molar-refractivity contribution in [2.24, 2.45) is 34.5 Å². The van der Waals surface area contributed by atoms with Crippen LogP contribution >= 0.6 is 0 Å². The van der Waals surface area contributed by atoms with E-state index in [1.807, 2.05) is 36.2 Å². The molecule has 0 aromatic heterocycles. The van der Waals surface area contributed by atoms with Crippen LogP contribution in [0.5, 0.6) is 5.75 Å². The third-order valence-electron chi connectivity index (χ3n) is 10.7. The maximum atomic E-state index is 13.8. The standard InChI is InChI=1S/C30H42N2O3/c1-28(2,19-7-9-20(35-6)10-8-19)31-27(34)24-13-12-22-21-11-14-25-30(4,18-16-26(33)32(25)5)23(21)15-17-29(22,24)3/h7-10,16,18,21-25H,11-15,17H2,1-6H3,(H,31,34)/t21-,22-,23-,24+,25+,29-,30+/m0/s1. The van der Waals surface area contributed by atoms with Crippen LogP contribution in [0, 0.1) is 34.5 Å². The van der Waals surface area contributed by atoms with Gasteiger partial charge in [0.25, 0.3) is 0 Å². The number of hydrogen-bond acceptors (Lipinski definition) is 3. The van der Waals surface area contributed by atoms with Crippen LogP contribution < -0.4 is 10.1 Å². The fraction of sp³-hybridized carbons (Fsp3) is 0.667. The van der Waals surface area contributed by atoms with Crippen LogP contribution in [0.3, 0.4) is 0 Å². The summed E-state index contributed by atoms with van der Waals surface area (Å²) in [6.07, 6.45) is 10.6. The molecule has 3 aliphatic carbocycles. The Kier molecular flexibility index (Phi) is 5.84. The van der Waals surface area contributed by atoms with Crippen molar-refractivity contribution in [3.8, 4) is 5.75 Å². The van der Waals surface area contributed by atoms with E-state index in [9.17, 15) is 9.59 Å². The lowest BCUT2D eigenvalue weighted by Gasteiger charge is -2.60. The molecule has 190 valence electrons. The van der Waals surface area contributed by atoms with E-state index in [1.54, 1.807) is 13.2 Å². The van der Waals surface area contributed by atoms with Gasteiger partial charge < -0.3 is 15.0 Å². The monoisotopic (exact) mass is 478 g/mol. The molecule has 0 spiro atoms. The van der Waals surface area contributed by atoms with E-state index >= 15 is 0 Å². The van der Waals surface area contributed by atoms with Gasteiger partial charge >= 0.3 is 0 Å². The molecule has 0 radical (unpaired) electrons. The van der Waals surface area contributed by atoms with Crippen LogP contribution in [-0.4, -0.2) is 36.9 Å². The van der Waals surface area contributed by atoms with Gasteiger partial charge in [-0.15, -0.1) is 0 Å². The number of hydrogen-bond donors (Lipinski definition) is 1. The van der Waals surface area contributed by atoms with Crippen LogP contribution in [0.1, 0.15) is 71.8 Å². The number of carbonyl (C=O) groups excluding carboxylic acids is 2. The number of likely N-dealkylation sites (N-methyl/N-ethyl adjacent to an activating group) is 1. The average molecular weight is 479 g/mol. The first-order valence-electron chi connectivity index (χ1n) is 13.4. The van der Waals surface area contributed by atoms with E-state index in [0.29, 0.717) is 23.8 Å². The number of fused-ring (bicyclic) bond motifs is 5. The number of nitrogens with zero attached hydrogens (tertiary/aromatic N) is 1. The number of nitrogens with one attached hydrogen (secondary N) is 1. The number of amides is 2. The Balaban J connectivity index is 1.34. The van der Waals surface area contributed by atoms with Gasteiger partial charge in [0.1, 0.15) is 5.75 Å². The summed E-state index contributed by atoms with van der Waals surface area (Å²) in [6.45, 7) is 8.96. The molecule has 35 heavy (non-hydrogen) atoms. The molecule has 1 aliphatic heterocycles. The Bertz CT molecular complexity index is 1030. The quantitative estimate of drug-likeness (QED) is 0.639. The molecular weight excluding hydrogens is 436 g/mol. The van der Waals surface area contributed by atoms with Gasteiger partial charge in [-0.3, -0.25) is 9.59 Å². The predicted octanol–water partition coefficient (Wildman–Crippen LogP) is 5.30. The second kappa shape index (κ2) is 8.38. The van der Waals surface area contributed by atoms with E-state index < -0.39 is 5.54 Å². The predicted molar refractivity (Wildman–Crippen MR) is 138 cm³/mol. The lowest BCUT2D eigenvalue weighted by atomic mass is 9.47. The lowest BCUT2D eigenvalue weighted by molar-refractivity contribution is -0.143. The van der Waals surface area contributed by atoms with Gasteiger partial charge in [0, 0.05) is 24.4 Å². The summed E-state index contributed by atoms with van der Waals surface area (Å²) in [5.41, 5.74) is 0.739. The third-order valence-corrected chi connectivity index (χ3v) is 10.7. The van der Waals surface area contributed by atoms with Gasteiger partial charge in [0.05, 0.1) is 12.6 Å². The van der Waals surface area contributed by atoms with Crippen molar-refractivity contribution >= 4 is 11.8 Å². The van der Waals surface area contributed by atoms with Crippen molar-refractivity contribution in [2.45, 2.75) is 77.8 Å². The fourth-order valence-electron chi connectivity index (χ4n) is 8.64. The molecule has 1 aromatic rings. The summed E-state index contributed by atoms with van der Waals surface area (Å²) in [4.78, 5) is 28.1. The molecule has 1 heterocycles. The van der Waals surface area contributed by atoms with Crippen molar-refractivity contribution in [1.82, 2.24) is 10.2 Å². The highest BCUT2D eigenvalue weighted by molar-refractivity contribution is 5.89. The summed E-state index contributed by atoms with van der Waals surface area (Å²) in [6, 6.07) is 8.30. The SMILES string of the molecule is COc1ccc(C(C)(C)NC(=O)[C@H]2CC[C@H]3[C@@H]4CC[C@H]5N(C)C(=O)C=C[C@]5(C)[C@H]4CC[C@]23C)cc1. The van der Waals surface area contributed by atoms with Crippen LogP contribution in [0.2, 0.25) is 0 Å². The Morgan fingerprint density at radius 1 is 1.06 bits per heavy atom. The molecule has 5 heteroatoms. The van der Waals surface area contributed by atoms with Crippen LogP contribution in [-0.2, 0) is 15.1 Å². The largest absolute Gasteiger partial charge is 0.497 e. The minimum atomic E-state index is -0.440. The van der Waals surface area contributed by atoms with Gasteiger partial charge in [-0.05, 0) is 99.3 Å². The highest BCUT2D eigenvalue weighted by atomic mass is 16.5. The Labute approximate surface area is 210 Å². The zero-order chi connectivity index (χ0) is 25.2. The smallest absolute Gasteiger partial charge is 0.246 e. The molecule has 4 aliphatic rings. The van der Waals surface area contributed by atoms with Gasteiger partial charge in [0.2, 0.25) is 11.8 Å². The molecular formula is C30H42N2O3. The zero-order valence-electron chi connectivity index (χ0n) is 22.3. The average Bonchev–Trinajstić information content (AvgIpc) is 3.19. The van der Waals surface area contributed by atoms with Crippen molar-refractivity contribution < 1.29 is 14.3 Å². The van der Waals surface area contributed by atoms with Crippen molar-refractivity contribution in [1.29, 1.82) is 0 Å². The molecule has 0 saturated heterocycles. The molecule has 2 amide bonds. The summed E-state index contributed by atoms with van der Waals surface area (Å²) >= 11 is 0. The normalized spacial score (nSPS) is 38.4. The highest BCUT2D eigenvalue weighted by Gasteiger charge is 2.61. The summed E-state index contributed by atoms with van der Waals surface area (Å²) in [7, 11) is 3.64. The minimum absolute atomic E-state index is 0.0452. The molecule has 5 nitrogen and oxygen atoms in total. The fourth-order valence-corrected chi connectivity index (χ4v) is 8.64. The van der Waals surface area contributed by atoms with Crippen molar-refractivity contribution in [3.63, 3.8) is 0 Å². The second-order valence-corrected chi connectivity index (χ2v) is 12.6. The van der Waals surface area contributed by atoms with Gasteiger partial charge in [-0.1, -0.05) is 32.1 Å².